The molecule has 3 rings (SSSR count). The molecule has 8 nitrogen and oxygen atoms in total. The lowest BCUT2D eigenvalue weighted by Gasteiger charge is -2.36. The Morgan fingerprint density at radius 1 is 1.21 bits per heavy atom. The van der Waals surface area contributed by atoms with E-state index >= 15 is 0 Å². The van der Waals surface area contributed by atoms with Crippen molar-refractivity contribution in [1.82, 2.24) is 25.1 Å². The molecule has 0 atom stereocenters. The predicted molar refractivity (Wildman–Crippen MR) is 108 cm³/mol. The maximum atomic E-state index is 12.6. The van der Waals surface area contributed by atoms with Gasteiger partial charge in [-0.3, -0.25) is 9.59 Å². The van der Waals surface area contributed by atoms with Crippen LogP contribution in [0.3, 0.4) is 0 Å². The number of aromatic nitrogens is 4. The lowest BCUT2D eigenvalue weighted by Crippen LogP contribution is -2.37. The second-order valence-corrected chi connectivity index (χ2v) is 8.33. The van der Waals surface area contributed by atoms with Crippen LogP contribution in [0.5, 0.6) is 0 Å². The number of hydrogen-bond acceptors (Lipinski definition) is 6. The minimum absolute atomic E-state index is 0.00603. The number of carbonyl (C=O) groups is 2. The summed E-state index contributed by atoms with van der Waals surface area (Å²) in [5.74, 6) is 0.824. The number of nitrogens with one attached hydrogen (secondary N) is 2. The van der Waals surface area contributed by atoms with Gasteiger partial charge in [-0.15, -0.1) is 21.5 Å². The molecule has 0 spiro atoms. The zero-order valence-corrected chi connectivity index (χ0v) is 17.1. The number of nitrogens with zero attached hydrogens (tertiary/aromatic N) is 4. The highest BCUT2D eigenvalue weighted by molar-refractivity contribution is 7.13. The van der Waals surface area contributed by atoms with Crippen LogP contribution in [0.2, 0.25) is 0 Å². The van der Waals surface area contributed by atoms with Crippen molar-refractivity contribution in [2.45, 2.75) is 64.8 Å². The van der Waals surface area contributed by atoms with Gasteiger partial charge in [-0.1, -0.05) is 19.3 Å². The standard InChI is InChI=1S/C19H28N6O2S/c1-2-25-14-22-24-15(25)6-9-20-16(26)12-19(7-4-3-5-8-19)13-17(27)23-18-21-10-11-28-18/h10-11,14H,2-9,12-13H2,1H3,(H,20,26)(H,21,23,27). The highest BCUT2D eigenvalue weighted by Gasteiger charge is 2.36. The van der Waals surface area contributed by atoms with Crippen LogP contribution in [-0.2, 0) is 22.6 Å². The van der Waals surface area contributed by atoms with Crippen molar-refractivity contribution in [1.29, 1.82) is 0 Å². The summed E-state index contributed by atoms with van der Waals surface area (Å²) in [7, 11) is 0. The Morgan fingerprint density at radius 2 is 2.00 bits per heavy atom. The molecular formula is C19H28N6O2S. The Balaban J connectivity index is 1.52. The molecular weight excluding hydrogens is 376 g/mol. The molecule has 9 heteroatoms. The minimum atomic E-state index is -0.257. The van der Waals surface area contributed by atoms with Crippen LogP contribution in [0.25, 0.3) is 0 Å². The smallest absolute Gasteiger partial charge is 0.226 e. The van der Waals surface area contributed by atoms with Gasteiger partial charge in [-0.25, -0.2) is 4.98 Å². The Labute approximate surface area is 169 Å². The van der Waals surface area contributed by atoms with Gasteiger partial charge in [0.25, 0.3) is 0 Å². The number of amides is 2. The number of carbonyl (C=O) groups excluding carboxylic acids is 2. The van der Waals surface area contributed by atoms with Crippen molar-refractivity contribution in [3.8, 4) is 0 Å². The third-order valence-electron chi connectivity index (χ3n) is 5.37. The zero-order valence-electron chi connectivity index (χ0n) is 16.3. The molecule has 1 aliphatic carbocycles. The third kappa shape index (κ3) is 5.60. The van der Waals surface area contributed by atoms with Crippen LogP contribution in [0.4, 0.5) is 5.13 Å². The molecule has 2 heterocycles. The quantitative estimate of drug-likeness (QED) is 0.669. The summed E-state index contributed by atoms with van der Waals surface area (Å²) in [6, 6.07) is 0. The van der Waals surface area contributed by atoms with E-state index in [1.54, 1.807) is 12.5 Å². The lowest BCUT2D eigenvalue weighted by molar-refractivity contribution is -0.125. The fourth-order valence-electron chi connectivity index (χ4n) is 3.96. The normalized spacial score (nSPS) is 15.9. The average molecular weight is 405 g/mol. The van der Waals surface area contributed by atoms with Gasteiger partial charge in [-0.05, 0) is 25.2 Å². The second kappa shape index (κ2) is 9.77. The molecule has 1 saturated carbocycles. The molecule has 0 saturated heterocycles. The Bertz CT molecular complexity index is 767. The second-order valence-electron chi connectivity index (χ2n) is 7.43. The molecule has 28 heavy (non-hydrogen) atoms. The molecule has 2 aromatic heterocycles. The Kier molecular flexibility index (Phi) is 7.13. The molecule has 2 amide bonds. The van der Waals surface area contributed by atoms with Gasteiger partial charge in [0, 0.05) is 43.9 Å². The molecule has 1 aliphatic rings. The predicted octanol–water partition coefficient (Wildman–Crippen LogP) is 2.78. The summed E-state index contributed by atoms with van der Waals surface area (Å²) < 4.78 is 1.97. The van der Waals surface area contributed by atoms with Crippen molar-refractivity contribution in [3.63, 3.8) is 0 Å². The number of thiazole rings is 1. The van der Waals surface area contributed by atoms with Crippen LogP contribution in [0.1, 0.15) is 57.7 Å². The first-order valence-corrected chi connectivity index (χ1v) is 10.8. The zero-order chi connectivity index (χ0) is 19.8. The van der Waals surface area contributed by atoms with Crippen molar-refractivity contribution in [3.05, 3.63) is 23.7 Å². The van der Waals surface area contributed by atoms with Gasteiger partial charge in [0.2, 0.25) is 11.8 Å². The van der Waals surface area contributed by atoms with Crippen LogP contribution < -0.4 is 10.6 Å². The first kappa shape index (κ1) is 20.4. The molecule has 0 bridgehead atoms. The highest BCUT2D eigenvalue weighted by Crippen LogP contribution is 2.42. The molecule has 152 valence electrons. The number of anilines is 1. The molecule has 0 aliphatic heterocycles. The van der Waals surface area contributed by atoms with Gasteiger partial charge in [0.05, 0.1) is 0 Å². The topological polar surface area (TPSA) is 102 Å². The number of rotatable bonds is 9. The minimum Gasteiger partial charge on any atom is -0.356 e. The van der Waals surface area contributed by atoms with Crippen LogP contribution in [0, 0.1) is 5.41 Å². The molecule has 0 aromatic carbocycles. The fourth-order valence-corrected chi connectivity index (χ4v) is 4.51. The summed E-state index contributed by atoms with van der Waals surface area (Å²) in [5.41, 5.74) is -0.257. The van der Waals surface area contributed by atoms with Crippen molar-refractivity contribution in [2.75, 3.05) is 11.9 Å². The van der Waals surface area contributed by atoms with E-state index in [1.165, 1.54) is 17.8 Å². The molecule has 0 radical (unpaired) electrons. The molecule has 2 aromatic rings. The number of hydrogen-bond donors (Lipinski definition) is 2. The van der Waals surface area contributed by atoms with E-state index in [0.29, 0.717) is 30.9 Å². The van der Waals surface area contributed by atoms with E-state index in [0.717, 1.165) is 38.1 Å². The van der Waals surface area contributed by atoms with Gasteiger partial charge in [0.15, 0.2) is 5.13 Å². The summed E-state index contributed by atoms with van der Waals surface area (Å²) in [4.78, 5) is 29.2. The molecule has 2 N–H and O–H groups in total. The molecule has 0 unspecified atom stereocenters. The SMILES string of the molecule is CCn1cnnc1CCNC(=O)CC1(CC(=O)Nc2nccs2)CCCCC1. The fraction of sp³-hybridized carbons (Fsp3) is 0.632. The maximum Gasteiger partial charge on any atom is 0.226 e. The van der Waals surface area contributed by atoms with E-state index in [2.05, 4.69) is 25.8 Å². The van der Waals surface area contributed by atoms with Crippen molar-refractivity contribution >= 4 is 28.3 Å². The van der Waals surface area contributed by atoms with Gasteiger partial charge in [-0.2, -0.15) is 0 Å². The monoisotopic (exact) mass is 404 g/mol. The average Bonchev–Trinajstić information content (AvgIpc) is 3.33. The summed E-state index contributed by atoms with van der Waals surface area (Å²) >= 11 is 1.40. The number of aryl methyl sites for hydroxylation is 1. The van der Waals surface area contributed by atoms with Gasteiger partial charge in [0.1, 0.15) is 12.2 Å². The van der Waals surface area contributed by atoms with E-state index in [4.69, 9.17) is 0 Å². The first-order chi connectivity index (χ1) is 13.6. The van der Waals surface area contributed by atoms with E-state index < -0.39 is 0 Å². The first-order valence-electron chi connectivity index (χ1n) is 9.93. The van der Waals surface area contributed by atoms with E-state index in [9.17, 15) is 9.59 Å². The van der Waals surface area contributed by atoms with Crippen LogP contribution in [-0.4, -0.2) is 38.1 Å². The van der Waals surface area contributed by atoms with Crippen LogP contribution in [0.15, 0.2) is 17.9 Å². The van der Waals surface area contributed by atoms with E-state index in [-0.39, 0.29) is 17.2 Å². The summed E-state index contributed by atoms with van der Waals surface area (Å²) in [6.45, 7) is 3.38. The lowest BCUT2D eigenvalue weighted by atomic mass is 9.69. The Morgan fingerprint density at radius 3 is 2.71 bits per heavy atom. The maximum absolute atomic E-state index is 12.6. The molecule has 1 fully saturated rings. The van der Waals surface area contributed by atoms with Crippen molar-refractivity contribution in [2.24, 2.45) is 5.41 Å². The van der Waals surface area contributed by atoms with Gasteiger partial charge >= 0.3 is 0 Å². The van der Waals surface area contributed by atoms with E-state index in [1.807, 2.05) is 16.9 Å². The summed E-state index contributed by atoms with van der Waals surface area (Å²) in [6.07, 6.45) is 9.91. The Hall–Kier alpha value is -2.29. The van der Waals surface area contributed by atoms with Crippen molar-refractivity contribution < 1.29 is 9.59 Å². The van der Waals surface area contributed by atoms with Gasteiger partial charge < -0.3 is 15.2 Å². The highest BCUT2D eigenvalue weighted by atomic mass is 32.1. The third-order valence-corrected chi connectivity index (χ3v) is 6.06. The summed E-state index contributed by atoms with van der Waals surface area (Å²) in [5, 5.41) is 16.3. The van der Waals surface area contributed by atoms with Crippen LogP contribution >= 0.6 is 11.3 Å². The largest absolute Gasteiger partial charge is 0.356 e.